The standard InChI is InChI=1S/C15H25N.Al.Li.4H/c1-3-12-16-13-14(2)8-7-11-15-9-5-4-6-10-15;;;;;;/h4-6,9-10,14,16H,3,7-8,11-13H2,1-2H3;;;;;;/q;+3;+1;4*-1/t14-;;;;;;/m1....../s1. The third-order valence-electron chi connectivity index (χ3n) is 2.92. The minimum absolute atomic E-state index is 0. The fourth-order valence-electron chi connectivity index (χ4n) is 1.93. The third kappa shape index (κ3) is 10.3. The van der Waals surface area contributed by atoms with Gasteiger partial charge in [0.1, 0.15) is 0 Å². The van der Waals surface area contributed by atoms with E-state index in [1.807, 2.05) is 0 Å². The second kappa shape index (κ2) is 13.7. The Balaban J connectivity index is -0.000000107. The first-order chi connectivity index (χ1) is 7.83. The predicted octanol–water partition coefficient (Wildman–Crippen LogP) is 0.718. The van der Waals surface area contributed by atoms with Crippen molar-refractivity contribution in [3.8, 4) is 0 Å². The van der Waals surface area contributed by atoms with Crippen molar-refractivity contribution in [1.29, 1.82) is 0 Å². The van der Waals surface area contributed by atoms with Crippen LogP contribution in [-0.4, -0.2) is 30.5 Å². The van der Waals surface area contributed by atoms with Gasteiger partial charge >= 0.3 is 36.2 Å². The first-order valence-corrected chi connectivity index (χ1v) is 6.57. The summed E-state index contributed by atoms with van der Waals surface area (Å²) in [5.41, 5.74) is 1.47. The van der Waals surface area contributed by atoms with Gasteiger partial charge in [-0.1, -0.05) is 44.2 Å². The second-order valence-electron chi connectivity index (χ2n) is 4.69. The molecule has 98 valence electrons. The second-order valence-corrected chi connectivity index (χ2v) is 4.69. The van der Waals surface area contributed by atoms with Crippen molar-refractivity contribution in [3.63, 3.8) is 0 Å². The number of nitrogens with one attached hydrogen (secondary N) is 1. The molecule has 0 amide bonds. The van der Waals surface area contributed by atoms with Crippen LogP contribution in [0.1, 0.15) is 44.4 Å². The molecule has 0 aliphatic heterocycles. The quantitative estimate of drug-likeness (QED) is 0.534. The Morgan fingerprint density at radius 2 is 1.89 bits per heavy atom. The molecule has 1 aromatic rings. The Morgan fingerprint density at radius 1 is 1.22 bits per heavy atom. The molecule has 0 fully saturated rings. The van der Waals surface area contributed by atoms with Crippen molar-refractivity contribution in [2.45, 2.75) is 39.5 Å². The van der Waals surface area contributed by atoms with Crippen LogP contribution in [0, 0.1) is 5.92 Å². The van der Waals surface area contributed by atoms with Gasteiger partial charge in [0.25, 0.3) is 0 Å². The summed E-state index contributed by atoms with van der Waals surface area (Å²) < 4.78 is 0. The molecule has 0 heterocycles. The van der Waals surface area contributed by atoms with Crippen LogP contribution in [0.25, 0.3) is 0 Å². The van der Waals surface area contributed by atoms with Crippen LogP contribution in [0.2, 0.25) is 0 Å². The molecule has 0 aliphatic rings. The summed E-state index contributed by atoms with van der Waals surface area (Å²) in [6.07, 6.45) is 5.08. The topological polar surface area (TPSA) is 12.0 Å². The number of hydrogen-bond donors (Lipinski definition) is 1. The van der Waals surface area contributed by atoms with E-state index in [-0.39, 0.29) is 41.9 Å². The summed E-state index contributed by atoms with van der Waals surface area (Å²) >= 11 is 0. The molecule has 0 aliphatic carbocycles. The molecule has 1 N–H and O–H groups in total. The predicted molar refractivity (Wildman–Crippen MR) is 81.9 cm³/mol. The van der Waals surface area contributed by atoms with E-state index in [0.29, 0.717) is 0 Å². The first-order valence-electron chi connectivity index (χ1n) is 6.57. The van der Waals surface area contributed by atoms with Gasteiger partial charge in [0.05, 0.1) is 0 Å². The zero-order valence-electron chi connectivity index (χ0n) is 16.3. The molecule has 0 bridgehead atoms. The molecular formula is C15H29AlLiN. The fraction of sp³-hybridized carbons (Fsp3) is 0.600. The molecule has 0 aromatic heterocycles. The average molecular weight is 257 g/mol. The van der Waals surface area contributed by atoms with Crippen molar-refractivity contribution < 1.29 is 24.6 Å². The molecule has 1 rings (SSSR count). The number of rotatable bonds is 8. The van der Waals surface area contributed by atoms with Crippen molar-refractivity contribution >= 4 is 17.4 Å². The van der Waals surface area contributed by atoms with Crippen LogP contribution < -0.4 is 24.2 Å². The minimum Gasteiger partial charge on any atom is -1.00 e. The monoisotopic (exact) mass is 257 g/mol. The van der Waals surface area contributed by atoms with E-state index in [1.165, 1.54) is 37.8 Å². The molecule has 3 heteroatoms. The molecule has 18 heavy (non-hydrogen) atoms. The van der Waals surface area contributed by atoms with E-state index < -0.39 is 0 Å². The molecule has 0 spiro atoms. The van der Waals surface area contributed by atoms with Gasteiger partial charge in [0.2, 0.25) is 0 Å². The summed E-state index contributed by atoms with van der Waals surface area (Å²) in [6.45, 7) is 6.88. The Hall–Kier alpha value is 0.310. The number of aryl methyl sites for hydroxylation is 1. The zero-order chi connectivity index (χ0) is 11.6. The van der Waals surface area contributed by atoms with Gasteiger partial charge in [-0.05, 0) is 50.3 Å². The van der Waals surface area contributed by atoms with Gasteiger partial charge in [-0.3, -0.25) is 0 Å². The molecule has 0 saturated heterocycles. The first kappa shape index (κ1) is 20.6. The normalized spacial score (nSPS) is 11.2. The molecule has 0 unspecified atom stereocenters. The molecule has 1 aromatic carbocycles. The van der Waals surface area contributed by atoms with E-state index in [2.05, 4.69) is 49.5 Å². The maximum Gasteiger partial charge on any atom is 3.00 e. The Bertz CT molecular complexity index is 282. The van der Waals surface area contributed by atoms with Crippen LogP contribution in [0.15, 0.2) is 30.3 Å². The Labute approximate surface area is 141 Å². The third-order valence-corrected chi connectivity index (χ3v) is 2.92. The van der Waals surface area contributed by atoms with Crippen molar-refractivity contribution in [2.75, 3.05) is 13.1 Å². The van der Waals surface area contributed by atoms with Crippen LogP contribution in [0.5, 0.6) is 0 Å². The van der Waals surface area contributed by atoms with E-state index in [9.17, 15) is 0 Å². The fourth-order valence-corrected chi connectivity index (χ4v) is 1.93. The van der Waals surface area contributed by atoms with Crippen LogP contribution in [0.4, 0.5) is 0 Å². The van der Waals surface area contributed by atoms with E-state index in [1.54, 1.807) is 0 Å². The maximum atomic E-state index is 3.48. The van der Waals surface area contributed by atoms with E-state index in [4.69, 9.17) is 0 Å². The van der Waals surface area contributed by atoms with Crippen LogP contribution in [-0.2, 0) is 6.42 Å². The summed E-state index contributed by atoms with van der Waals surface area (Å²) in [7, 11) is 0. The van der Waals surface area contributed by atoms with Gasteiger partial charge in [0.15, 0.2) is 0 Å². The Kier molecular flexibility index (Phi) is 15.7. The molecular weight excluding hydrogens is 228 g/mol. The summed E-state index contributed by atoms with van der Waals surface area (Å²) in [5.74, 6) is 0.801. The van der Waals surface area contributed by atoms with Crippen LogP contribution >= 0.6 is 0 Å². The SMILES string of the molecule is CCCNC[C@H](C)CCCc1ccccc1.[Al+3].[H-].[H-].[H-].[H-].[Li+]. The van der Waals surface area contributed by atoms with Crippen molar-refractivity contribution in [3.05, 3.63) is 35.9 Å². The molecule has 0 radical (unpaired) electrons. The van der Waals surface area contributed by atoms with Gasteiger partial charge in [0, 0.05) is 0 Å². The van der Waals surface area contributed by atoms with Gasteiger partial charge in [-0.2, -0.15) is 0 Å². The molecule has 1 atom stereocenters. The van der Waals surface area contributed by atoms with Gasteiger partial charge in [-0.25, -0.2) is 0 Å². The minimum atomic E-state index is 0. The van der Waals surface area contributed by atoms with Gasteiger partial charge < -0.3 is 11.0 Å². The average Bonchev–Trinajstić information content (AvgIpc) is 2.31. The van der Waals surface area contributed by atoms with Crippen molar-refractivity contribution in [1.82, 2.24) is 5.32 Å². The summed E-state index contributed by atoms with van der Waals surface area (Å²) in [4.78, 5) is 0. The van der Waals surface area contributed by atoms with Crippen molar-refractivity contribution in [2.24, 2.45) is 5.92 Å². The van der Waals surface area contributed by atoms with Crippen LogP contribution in [0.3, 0.4) is 0 Å². The van der Waals surface area contributed by atoms with Gasteiger partial charge in [-0.15, -0.1) is 0 Å². The zero-order valence-corrected chi connectivity index (χ0v) is 13.4. The van der Waals surface area contributed by atoms with E-state index in [0.717, 1.165) is 12.5 Å². The smallest absolute Gasteiger partial charge is 1.00 e. The summed E-state index contributed by atoms with van der Waals surface area (Å²) in [5, 5.41) is 3.48. The molecule has 1 nitrogen and oxygen atoms in total. The summed E-state index contributed by atoms with van der Waals surface area (Å²) in [6, 6.07) is 10.8. The number of benzene rings is 1. The maximum absolute atomic E-state index is 3.48. The number of hydrogen-bond acceptors (Lipinski definition) is 1. The molecule has 0 saturated carbocycles. The largest absolute Gasteiger partial charge is 3.00 e. The Morgan fingerprint density at radius 3 is 2.50 bits per heavy atom. The van der Waals surface area contributed by atoms with E-state index >= 15 is 0 Å².